The first-order valence-electron chi connectivity index (χ1n) is 12.1. The molecule has 1 N–H and O–H groups in total. The van der Waals surface area contributed by atoms with E-state index in [1.165, 1.54) is 25.7 Å². The van der Waals surface area contributed by atoms with Gasteiger partial charge in [0.25, 0.3) is 0 Å². The molecular formula is C24H36O3. The maximum absolute atomic E-state index is 9.96. The van der Waals surface area contributed by atoms with Crippen molar-refractivity contribution in [3.05, 3.63) is 0 Å². The fraction of sp³-hybridized carbons (Fsp3) is 1.00. The van der Waals surface area contributed by atoms with Gasteiger partial charge in [-0.05, 0) is 117 Å². The highest BCUT2D eigenvalue weighted by Gasteiger charge is 2.74. The molecule has 13 atom stereocenters. The number of fused-ring (bicyclic) bond motifs is 16. The summed E-state index contributed by atoms with van der Waals surface area (Å²) < 4.78 is 6.11. The first-order chi connectivity index (χ1) is 13.2. The van der Waals surface area contributed by atoms with Gasteiger partial charge in [0, 0.05) is 12.0 Å². The molecule has 6 saturated carbocycles. The highest BCUT2D eigenvalue weighted by Crippen LogP contribution is 2.79. The Bertz CT molecular complexity index is 629. The normalized spacial score (nSPS) is 63.6. The molecule has 0 amide bonds. The molecule has 6 aliphatic carbocycles. The molecule has 3 heteroatoms. The summed E-state index contributed by atoms with van der Waals surface area (Å²) in [6, 6.07) is 0. The summed E-state index contributed by atoms with van der Waals surface area (Å²) in [5, 5.41) is 9.96. The van der Waals surface area contributed by atoms with E-state index in [9.17, 15) is 5.26 Å². The standard InChI is InChI=1S/C24H36O3/c1-24(23(27-25)18-4-2-3-7-26-18)11-14-9-17(24)22-16-10-15(21(14)22)19-12-5-6-13(8-12)20(16)19/h12-23,25H,2-11H2,1H3. The highest BCUT2D eigenvalue weighted by atomic mass is 17.1. The molecule has 150 valence electrons. The van der Waals surface area contributed by atoms with Crippen molar-refractivity contribution in [1.82, 2.24) is 0 Å². The molecule has 0 aromatic rings. The summed E-state index contributed by atoms with van der Waals surface area (Å²) in [5.74, 6) is 10.1. The van der Waals surface area contributed by atoms with Gasteiger partial charge in [-0.25, -0.2) is 4.89 Å². The van der Waals surface area contributed by atoms with E-state index in [1.54, 1.807) is 19.3 Å². The van der Waals surface area contributed by atoms with Crippen LogP contribution in [0.2, 0.25) is 0 Å². The molecule has 27 heavy (non-hydrogen) atoms. The molecule has 13 unspecified atom stereocenters. The molecular weight excluding hydrogens is 336 g/mol. The SMILES string of the molecule is CC1(C(OO)C2CCCCO2)CC2CC1C1C3CC(C4C5CCC(C5)C34)C21. The average molecular weight is 373 g/mol. The summed E-state index contributed by atoms with van der Waals surface area (Å²) in [5.41, 5.74) is 0.125. The first-order valence-corrected chi connectivity index (χ1v) is 12.1. The van der Waals surface area contributed by atoms with Crippen molar-refractivity contribution in [2.45, 2.75) is 76.9 Å². The fourth-order valence-electron chi connectivity index (χ4n) is 11.1. The van der Waals surface area contributed by atoms with Crippen LogP contribution in [-0.2, 0) is 9.62 Å². The van der Waals surface area contributed by atoms with E-state index in [0.717, 1.165) is 78.6 Å². The molecule has 0 aromatic heterocycles. The van der Waals surface area contributed by atoms with Crippen molar-refractivity contribution in [3.63, 3.8) is 0 Å². The molecule has 7 rings (SSSR count). The number of hydrogen-bond donors (Lipinski definition) is 1. The van der Waals surface area contributed by atoms with E-state index in [0.29, 0.717) is 0 Å². The molecule has 3 nitrogen and oxygen atoms in total. The summed E-state index contributed by atoms with van der Waals surface area (Å²) >= 11 is 0. The van der Waals surface area contributed by atoms with Gasteiger partial charge in [-0.3, -0.25) is 5.26 Å². The predicted molar refractivity (Wildman–Crippen MR) is 102 cm³/mol. The van der Waals surface area contributed by atoms with Gasteiger partial charge in [-0.2, -0.15) is 0 Å². The Morgan fingerprint density at radius 1 is 0.889 bits per heavy atom. The summed E-state index contributed by atoms with van der Waals surface area (Å²) in [6.07, 6.45) is 12.4. The zero-order valence-corrected chi connectivity index (χ0v) is 16.8. The molecule has 0 radical (unpaired) electrons. The van der Waals surface area contributed by atoms with E-state index in [1.807, 2.05) is 0 Å². The number of ether oxygens (including phenoxy) is 1. The second-order valence-electron chi connectivity index (χ2n) is 11.9. The minimum Gasteiger partial charge on any atom is -0.375 e. The molecule has 0 aromatic carbocycles. The largest absolute Gasteiger partial charge is 0.375 e. The van der Waals surface area contributed by atoms with Crippen LogP contribution < -0.4 is 0 Å². The Morgan fingerprint density at radius 2 is 1.63 bits per heavy atom. The van der Waals surface area contributed by atoms with E-state index in [-0.39, 0.29) is 17.6 Å². The van der Waals surface area contributed by atoms with Crippen LogP contribution in [0.15, 0.2) is 0 Å². The molecule has 1 heterocycles. The first kappa shape index (κ1) is 16.7. The van der Waals surface area contributed by atoms with Gasteiger partial charge in [0.1, 0.15) is 6.10 Å². The molecule has 1 saturated heterocycles. The maximum Gasteiger partial charge on any atom is 0.124 e. The third-order valence-corrected chi connectivity index (χ3v) is 11.4. The number of rotatable bonds is 3. The van der Waals surface area contributed by atoms with E-state index >= 15 is 0 Å². The van der Waals surface area contributed by atoms with Crippen molar-refractivity contribution >= 4 is 0 Å². The lowest BCUT2D eigenvalue weighted by atomic mass is 9.54. The van der Waals surface area contributed by atoms with Crippen LogP contribution >= 0.6 is 0 Å². The molecule has 0 spiro atoms. The van der Waals surface area contributed by atoms with Crippen LogP contribution in [0.3, 0.4) is 0 Å². The van der Waals surface area contributed by atoms with Crippen LogP contribution in [0.1, 0.15) is 64.7 Å². The fourth-order valence-corrected chi connectivity index (χ4v) is 11.1. The molecule has 7 aliphatic rings. The third-order valence-electron chi connectivity index (χ3n) is 11.4. The van der Waals surface area contributed by atoms with Gasteiger partial charge in [-0.1, -0.05) is 6.92 Å². The molecule has 6 bridgehead atoms. The van der Waals surface area contributed by atoms with Crippen LogP contribution in [0.5, 0.6) is 0 Å². The molecule has 7 fully saturated rings. The van der Waals surface area contributed by atoms with Crippen LogP contribution in [0.4, 0.5) is 0 Å². The van der Waals surface area contributed by atoms with Gasteiger partial charge in [0.2, 0.25) is 0 Å². The van der Waals surface area contributed by atoms with Crippen molar-refractivity contribution in [3.8, 4) is 0 Å². The van der Waals surface area contributed by atoms with E-state index in [2.05, 4.69) is 6.92 Å². The smallest absolute Gasteiger partial charge is 0.124 e. The van der Waals surface area contributed by atoms with Gasteiger partial charge < -0.3 is 4.74 Å². The highest BCUT2D eigenvalue weighted by molar-refractivity contribution is 5.22. The molecule has 1 aliphatic heterocycles. The Morgan fingerprint density at radius 3 is 2.33 bits per heavy atom. The lowest BCUT2D eigenvalue weighted by Crippen LogP contribution is -2.53. The second kappa shape index (κ2) is 5.52. The predicted octanol–water partition coefficient (Wildman–Crippen LogP) is 5.00. The monoisotopic (exact) mass is 372 g/mol. The van der Waals surface area contributed by atoms with Gasteiger partial charge in [-0.15, -0.1) is 0 Å². The Hall–Kier alpha value is -0.120. The Balaban J connectivity index is 1.20. The Labute approximate surface area is 163 Å². The summed E-state index contributed by atoms with van der Waals surface area (Å²) in [4.78, 5) is 5.27. The van der Waals surface area contributed by atoms with E-state index in [4.69, 9.17) is 9.62 Å². The van der Waals surface area contributed by atoms with Gasteiger partial charge in [0.15, 0.2) is 0 Å². The van der Waals surface area contributed by atoms with Crippen LogP contribution in [0, 0.1) is 64.6 Å². The van der Waals surface area contributed by atoms with Crippen molar-refractivity contribution < 1.29 is 14.9 Å². The second-order valence-corrected chi connectivity index (χ2v) is 11.9. The minimum atomic E-state index is -0.108. The van der Waals surface area contributed by atoms with Crippen molar-refractivity contribution in [2.24, 2.45) is 64.6 Å². The lowest BCUT2D eigenvalue weighted by Gasteiger charge is -2.52. The topological polar surface area (TPSA) is 38.7 Å². The van der Waals surface area contributed by atoms with Gasteiger partial charge in [0.05, 0.1) is 6.10 Å². The average Bonchev–Trinajstić information content (AvgIpc) is 3.47. The Kier molecular flexibility index (Phi) is 3.40. The quantitative estimate of drug-likeness (QED) is 0.430. The minimum absolute atomic E-state index is 0.108. The van der Waals surface area contributed by atoms with Crippen LogP contribution in [-0.4, -0.2) is 24.1 Å². The van der Waals surface area contributed by atoms with Crippen molar-refractivity contribution in [2.75, 3.05) is 6.61 Å². The number of hydrogen-bond acceptors (Lipinski definition) is 3. The summed E-state index contributed by atoms with van der Waals surface area (Å²) in [7, 11) is 0. The third kappa shape index (κ3) is 1.91. The van der Waals surface area contributed by atoms with Gasteiger partial charge >= 0.3 is 0 Å². The van der Waals surface area contributed by atoms with E-state index < -0.39 is 0 Å². The zero-order valence-electron chi connectivity index (χ0n) is 16.8. The maximum atomic E-state index is 9.96. The van der Waals surface area contributed by atoms with Crippen LogP contribution in [0.25, 0.3) is 0 Å². The van der Waals surface area contributed by atoms with Crippen molar-refractivity contribution in [1.29, 1.82) is 0 Å². The lowest BCUT2D eigenvalue weighted by molar-refractivity contribution is -0.336. The zero-order chi connectivity index (χ0) is 17.9. The summed E-state index contributed by atoms with van der Waals surface area (Å²) in [6.45, 7) is 3.30.